The molecule has 1 aromatic carbocycles. The number of piperidine rings is 1. The minimum Gasteiger partial charge on any atom is -0.465 e. The largest absolute Gasteiger partial charge is 0.465 e. The number of carboxylic acid groups (broad SMARTS) is 1. The van der Waals surface area contributed by atoms with Crippen LogP contribution in [0.5, 0.6) is 0 Å². The van der Waals surface area contributed by atoms with E-state index in [1.54, 1.807) is 0 Å². The number of amides is 2. The first kappa shape index (κ1) is 27.7. The van der Waals surface area contributed by atoms with Gasteiger partial charge in [0.2, 0.25) is 17.0 Å². The van der Waals surface area contributed by atoms with Gasteiger partial charge in [0.1, 0.15) is 11.6 Å². The maximum atomic E-state index is 13.5. The average Bonchev–Trinajstić information content (AvgIpc) is 3.28. The van der Waals surface area contributed by atoms with Crippen molar-refractivity contribution in [1.82, 2.24) is 19.5 Å². The molecule has 3 N–H and O–H groups in total. The minimum atomic E-state index is -2.25. The van der Waals surface area contributed by atoms with E-state index in [4.69, 9.17) is 9.52 Å². The third-order valence-electron chi connectivity index (χ3n) is 7.01. The molecular formula is C26H31FN4O6S. The zero-order valence-corrected chi connectivity index (χ0v) is 22.1. The van der Waals surface area contributed by atoms with Gasteiger partial charge in [-0.15, -0.1) is 0 Å². The van der Waals surface area contributed by atoms with Gasteiger partial charge in [-0.2, -0.15) is 4.31 Å². The number of aromatic nitrogens is 1. The van der Waals surface area contributed by atoms with E-state index < -0.39 is 23.2 Å². The Kier molecular flexibility index (Phi) is 8.75. The van der Waals surface area contributed by atoms with E-state index in [0.29, 0.717) is 62.0 Å². The lowest BCUT2D eigenvalue weighted by molar-refractivity contribution is 0.0964. The fourth-order valence-corrected chi connectivity index (χ4v) is 5.31. The Labute approximate surface area is 222 Å². The standard InChI is InChI=1S/C26H31FN4O6S/c1-3-17-14-20-22(24(32)28-2)23(18-4-6-19(27)7-5-18)37-25(20)29-21(17)15-31(38(35)36)13-10-16-8-11-30(12-9-16)26(33)34/h4-7,14,16H,3,8-13,15H2,1-2H3,(H,28,32)(H,33,34)(H,35,36). The van der Waals surface area contributed by atoms with E-state index in [0.717, 1.165) is 5.56 Å². The molecule has 0 saturated carbocycles. The van der Waals surface area contributed by atoms with Crippen LogP contribution in [-0.4, -0.2) is 66.7 Å². The van der Waals surface area contributed by atoms with Gasteiger partial charge in [-0.1, -0.05) is 6.92 Å². The molecule has 1 aliphatic rings. The van der Waals surface area contributed by atoms with E-state index in [2.05, 4.69) is 10.3 Å². The zero-order chi connectivity index (χ0) is 27.4. The lowest BCUT2D eigenvalue weighted by atomic mass is 9.94. The molecule has 0 bridgehead atoms. The highest BCUT2D eigenvalue weighted by atomic mass is 32.2. The number of furan rings is 1. The first-order valence-corrected chi connectivity index (χ1v) is 13.5. The third-order valence-corrected chi connectivity index (χ3v) is 7.76. The number of nitrogens with zero attached hydrogens (tertiary/aromatic N) is 3. The molecule has 1 saturated heterocycles. The van der Waals surface area contributed by atoms with Crippen molar-refractivity contribution >= 4 is 34.4 Å². The first-order valence-electron chi connectivity index (χ1n) is 12.5. The molecule has 1 unspecified atom stereocenters. The van der Waals surface area contributed by atoms with Gasteiger partial charge < -0.3 is 19.7 Å². The maximum Gasteiger partial charge on any atom is 0.407 e. The van der Waals surface area contributed by atoms with Crippen LogP contribution < -0.4 is 5.32 Å². The molecule has 1 fully saturated rings. The summed E-state index contributed by atoms with van der Waals surface area (Å²) in [5.74, 6) is -0.256. The molecule has 0 aliphatic carbocycles. The Morgan fingerprint density at radius 2 is 1.95 bits per heavy atom. The van der Waals surface area contributed by atoms with Crippen molar-refractivity contribution in [2.24, 2.45) is 5.92 Å². The summed E-state index contributed by atoms with van der Waals surface area (Å²) in [6.07, 6.45) is 1.73. The van der Waals surface area contributed by atoms with Gasteiger partial charge in [-0.3, -0.25) is 9.35 Å². The molecule has 1 atom stereocenters. The van der Waals surface area contributed by atoms with Crippen LogP contribution in [0, 0.1) is 11.7 Å². The number of halogens is 1. The number of hydrogen-bond donors (Lipinski definition) is 3. The molecule has 3 heterocycles. The molecule has 0 radical (unpaired) electrons. The zero-order valence-electron chi connectivity index (χ0n) is 21.3. The molecule has 1 aliphatic heterocycles. The normalized spacial score (nSPS) is 15.2. The third kappa shape index (κ3) is 6.03. The second kappa shape index (κ2) is 12.0. The van der Waals surface area contributed by atoms with Gasteiger partial charge >= 0.3 is 6.09 Å². The van der Waals surface area contributed by atoms with Crippen molar-refractivity contribution in [2.45, 2.75) is 39.2 Å². The summed E-state index contributed by atoms with van der Waals surface area (Å²) in [6, 6.07) is 7.44. The van der Waals surface area contributed by atoms with Crippen molar-refractivity contribution in [3.05, 3.63) is 53.0 Å². The van der Waals surface area contributed by atoms with Crippen molar-refractivity contribution < 1.29 is 32.3 Å². The summed E-state index contributed by atoms with van der Waals surface area (Å²) < 4.78 is 43.1. The number of nitrogens with one attached hydrogen (secondary N) is 1. The summed E-state index contributed by atoms with van der Waals surface area (Å²) in [5, 5.41) is 12.3. The van der Waals surface area contributed by atoms with Gasteiger partial charge in [0.25, 0.3) is 5.91 Å². The number of hydrogen-bond acceptors (Lipinski definition) is 5. The topological polar surface area (TPSA) is 136 Å². The predicted molar refractivity (Wildman–Crippen MR) is 140 cm³/mol. The Balaban J connectivity index is 1.61. The SMILES string of the molecule is CCc1cc2c(C(=O)NC)c(-c3ccc(F)cc3)oc2nc1CN(CCC1CCN(C(=O)O)CC1)S(=O)O. The Bertz CT molecular complexity index is 1340. The predicted octanol–water partition coefficient (Wildman–Crippen LogP) is 4.27. The number of pyridine rings is 1. The fourth-order valence-electron chi connectivity index (χ4n) is 4.82. The van der Waals surface area contributed by atoms with Gasteiger partial charge in [-0.25, -0.2) is 18.4 Å². The molecule has 204 valence electrons. The smallest absolute Gasteiger partial charge is 0.407 e. The van der Waals surface area contributed by atoms with E-state index in [9.17, 15) is 22.7 Å². The van der Waals surface area contributed by atoms with Gasteiger partial charge in [0, 0.05) is 32.2 Å². The average molecular weight is 547 g/mol. The number of benzene rings is 1. The molecule has 2 amide bonds. The summed E-state index contributed by atoms with van der Waals surface area (Å²) >= 11 is -2.25. The van der Waals surface area contributed by atoms with Crippen LogP contribution in [0.4, 0.5) is 9.18 Å². The lowest BCUT2D eigenvalue weighted by Gasteiger charge is -2.30. The van der Waals surface area contributed by atoms with Gasteiger partial charge in [-0.05, 0) is 67.5 Å². The second-order valence-electron chi connectivity index (χ2n) is 9.29. The number of rotatable bonds is 9. The van der Waals surface area contributed by atoms with Crippen LogP contribution >= 0.6 is 0 Å². The molecule has 12 heteroatoms. The number of aryl methyl sites for hydroxylation is 1. The van der Waals surface area contributed by atoms with Gasteiger partial charge in [0.05, 0.1) is 23.2 Å². The highest BCUT2D eigenvalue weighted by Gasteiger charge is 2.26. The summed E-state index contributed by atoms with van der Waals surface area (Å²) in [6.45, 7) is 3.29. The van der Waals surface area contributed by atoms with Crippen LogP contribution in [0.1, 0.15) is 47.8 Å². The quantitative estimate of drug-likeness (QED) is 0.341. The summed E-state index contributed by atoms with van der Waals surface area (Å²) in [5.41, 5.74) is 2.39. The van der Waals surface area contributed by atoms with E-state index in [1.165, 1.54) is 40.5 Å². The van der Waals surface area contributed by atoms with Crippen LogP contribution in [0.3, 0.4) is 0 Å². The van der Waals surface area contributed by atoms with Crippen LogP contribution in [0.2, 0.25) is 0 Å². The number of likely N-dealkylation sites (tertiary alicyclic amines) is 1. The molecule has 3 aromatic rings. The highest BCUT2D eigenvalue weighted by Crippen LogP contribution is 2.34. The van der Waals surface area contributed by atoms with Gasteiger partial charge in [0.15, 0.2) is 0 Å². The molecule has 2 aromatic heterocycles. The minimum absolute atomic E-state index is 0.0953. The summed E-state index contributed by atoms with van der Waals surface area (Å²) in [7, 11) is 1.51. The molecule has 4 rings (SSSR count). The Hall–Kier alpha value is -3.35. The second-order valence-corrected chi connectivity index (χ2v) is 10.3. The Morgan fingerprint density at radius 3 is 2.53 bits per heavy atom. The lowest BCUT2D eigenvalue weighted by Crippen LogP contribution is -2.38. The van der Waals surface area contributed by atoms with Crippen molar-refractivity contribution in [3.8, 4) is 11.3 Å². The van der Waals surface area contributed by atoms with Crippen molar-refractivity contribution in [1.29, 1.82) is 0 Å². The van der Waals surface area contributed by atoms with Crippen LogP contribution in [0.15, 0.2) is 34.7 Å². The monoisotopic (exact) mass is 546 g/mol. The maximum absolute atomic E-state index is 13.5. The molecule has 38 heavy (non-hydrogen) atoms. The van der Waals surface area contributed by atoms with Crippen LogP contribution in [-0.2, 0) is 24.2 Å². The van der Waals surface area contributed by atoms with E-state index >= 15 is 0 Å². The summed E-state index contributed by atoms with van der Waals surface area (Å²) in [4.78, 5) is 30.0. The number of carbonyl (C=O) groups excluding carboxylic acids is 1. The van der Waals surface area contributed by atoms with E-state index in [1.807, 2.05) is 13.0 Å². The fraction of sp³-hybridized carbons (Fsp3) is 0.423. The molecular weight excluding hydrogens is 515 g/mol. The van der Waals surface area contributed by atoms with Crippen LogP contribution in [0.25, 0.3) is 22.4 Å². The number of carbonyl (C=O) groups is 2. The molecule has 0 spiro atoms. The number of fused-ring (bicyclic) bond motifs is 1. The first-order chi connectivity index (χ1) is 18.2. The van der Waals surface area contributed by atoms with Crippen molar-refractivity contribution in [2.75, 3.05) is 26.7 Å². The van der Waals surface area contributed by atoms with E-state index in [-0.39, 0.29) is 35.4 Å². The molecule has 10 nitrogen and oxygen atoms in total. The highest BCUT2D eigenvalue weighted by molar-refractivity contribution is 7.76. The Morgan fingerprint density at radius 1 is 1.26 bits per heavy atom. The van der Waals surface area contributed by atoms with Crippen molar-refractivity contribution in [3.63, 3.8) is 0 Å².